The van der Waals surface area contributed by atoms with Crippen LogP contribution in [0.1, 0.15) is 23.0 Å². The van der Waals surface area contributed by atoms with Crippen molar-refractivity contribution in [2.75, 3.05) is 0 Å². The van der Waals surface area contributed by atoms with Gasteiger partial charge in [0.1, 0.15) is 9.77 Å². The molecule has 0 bridgehead atoms. The van der Waals surface area contributed by atoms with E-state index >= 15 is 0 Å². The van der Waals surface area contributed by atoms with Crippen molar-refractivity contribution in [1.82, 2.24) is 4.72 Å². The zero-order valence-electron chi connectivity index (χ0n) is 8.81. The molecule has 0 aromatic carbocycles. The summed E-state index contributed by atoms with van der Waals surface area (Å²) in [6.45, 7) is 1.96. The number of rotatable bonds is 4. The van der Waals surface area contributed by atoms with Gasteiger partial charge in [-0.3, -0.25) is 0 Å². The summed E-state index contributed by atoms with van der Waals surface area (Å²) in [4.78, 5) is 10.8. The van der Waals surface area contributed by atoms with Gasteiger partial charge in [-0.2, -0.15) is 0 Å². The summed E-state index contributed by atoms with van der Waals surface area (Å²) in [7, 11) is -3.62. The molecule has 5 nitrogen and oxygen atoms in total. The fraction of sp³-hybridized carbons (Fsp3) is 0.444. The lowest BCUT2D eigenvalue weighted by Crippen LogP contribution is -2.26. The van der Waals surface area contributed by atoms with Gasteiger partial charge in [0.05, 0.1) is 3.79 Å². The molecule has 2 atom stereocenters. The standard InChI is InChI=1S/C9H10BrNO4S2/c1-4-2-5(4)11-17(14,15)7-3-6(9(12)13)16-8(7)10/h3-5,11H,2H2,1H3,(H,12,13). The Morgan fingerprint density at radius 1 is 1.65 bits per heavy atom. The molecular weight excluding hydrogens is 330 g/mol. The van der Waals surface area contributed by atoms with Crippen LogP contribution >= 0.6 is 27.3 Å². The first-order chi connectivity index (χ1) is 7.81. The first-order valence-electron chi connectivity index (χ1n) is 4.86. The van der Waals surface area contributed by atoms with Gasteiger partial charge < -0.3 is 5.11 Å². The van der Waals surface area contributed by atoms with Crippen molar-refractivity contribution < 1.29 is 18.3 Å². The molecule has 94 valence electrons. The van der Waals surface area contributed by atoms with Crippen molar-refractivity contribution in [2.24, 2.45) is 5.92 Å². The van der Waals surface area contributed by atoms with Gasteiger partial charge in [-0.15, -0.1) is 11.3 Å². The second kappa shape index (κ2) is 4.34. The summed E-state index contributed by atoms with van der Waals surface area (Å²) >= 11 is 3.98. The van der Waals surface area contributed by atoms with E-state index < -0.39 is 16.0 Å². The van der Waals surface area contributed by atoms with E-state index in [4.69, 9.17) is 5.11 Å². The Balaban J connectivity index is 2.29. The average molecular weight is 340 g/mol. The van der Waals surface area contributed by atoms with Crippen LogP contribution in [-0.2, 0) is 10.0 Å². The topological polar surface area (TPSA) is 83.5 Å². The molecule has 0 spiro atoms. The number of aromatic carboxylic acids is 1. The third-order valence-electron chi connectivity index (χ3n) is 2.57. The third kappa shape index (κ3) is 2.70. The van der Waals surface area contributed by atoms with Gasteiger partial charge in [0.25, 0.3) is 0 Å². The van der Waals surface area contributed by atoms with E-state index in [1.54, 1.807) is 0 Å². The minimum absolute atomic E-state index is 0.000926. The van der Waals surface area contributed by atoms with Crippen LogP contribution in [0, 0.1) is 5.92 Å². The van der Waals surface area contributed by atoms with Crippen molar-refractivity contribution in [3.05, 3.63) is 14.7 Å². The minimum atomic E-state index is -3.62. The SMILES string of the molecule is CC1CC1NS(=O)(=O)c1cc(C(=O)O)sc1Br. The fourth-order valence-electron chi connectivity index (χ4n) is 1.39. The van der Waals surface area contributed by atoms with Crippen LogP contribution in [0.5, 0.6) is 0 Å². The summed E-state index contributed by atoms with van der Waals surface area (Å²) in [5.74, 6) is -0.780. The number of halogens is 1. The third-order valence-corrected chi connectivity index (χ3v) is 6.30. The smallest absolute Gasteiger partial charge is 0.345 e. The number of thiophene rings is 1. The summed E-state index contributed by atoms with van der Waals surface area (Å²) in [5, 5.41) is 8.80. The molecule has 0 saturated heterocycles. The Morgan fingerprint density at radius 2 is 2.24 bits per heavy atom. The molecule has 2 unspecified atom stereocenters. The maximum Gasteiger partial charge on any atom is 0.345 e. The summed E-state index contributed by atoms with van der Waals surface area (Å²) < 4.78 is 26.8. The molecule has 1 fully saturated rings. The van der Waals surface area contributed by atoms with Gasteiger partial charge in [0.2, 0.25) is 10.0 Å². The highest BCUT2D eigenvalue weighted by Gasteiger charge is 2.37. The summed E-state index contributed by atoms with van der Waals surface area (Å²) in [6, 6.07) is 1.15. The highest BCUT2D eigenvalue weighted by molar-refractivity contribution is 9.11. The Bertz CT molecular complexity index is 566. The van der Waals surface area contributed by atoms with Crippen LogP contribution < -0.4 is 4.72 Å². The number of carboxylic acid groups (broad SMARTS) is 1. The molecule has 2 rings (SSSR count). The molecule has 0 aliphatic heterocycles. The van der Waals surface area contributed by atoms with Crippen LogP contribution in [0.2, 0.25) is 0 Å². The second-order valence-electron chi connectivity index (χ2n) is 3.99. The van der Waals surface area contributed by atoms with E-state index in [2.05, 4.69) is 20.7 Å². The van der Waals surface area contributed by atoms with E-state index in [0.717, 1.165) is 17.8 Å². The highest BCUT2D eigenvalue weighted by Crippen LogP contribution is 2.35. The zero-order valence-corrected chi connectivity index (χ0v) is 12.0. The van der Waals surface area contributed by atoms with Gasteiger partial charge in [0, 0.05) is 6.04 Å². The molecule has 1 heterocycles. The monoisotopic (exact) mass is 339 g/mol. The Hall–Kier alpha value is -0.440. The zero-order chi connectivity index (χ0) is 12.8. The summed E-state index contributed by atoms with van der Waals surface area (Å²) in [5.41, 5.74) is 0. The van der Waals surface area contributed by atoms with E-state index in [9.17, 15) is 13.2 Å². The van der Waals surface area contributed by atoms with Gasteiger partial charge >= 0.3 is 5.97 Å². The number of carbonyl (C=O) groups is 1. The number of hydrogen-bond acceptors (Lipinski definition) is 4. The number of nitrogens with one attached hydrogen (secondary N) is 1. The van der Waals surface area contributed by atoms with Crippen molar-refractivity contribution >= 4 is 43.3 Å². The van der Waals surface area contributed by atoms with Gasteiger partial charge in [-0.1, -0.05) is 6.92 Å². The Labute approximate surface area is 111 Å². The summed E-state index contributed by atoms with van der Waals surface area (Å²) in [6.07, 6.45) is 0.826. The maximum atomic E-state index is 12.0. The predicted octanol–water partition coefficient (Wildman–Crippen LogP) is 1.90. The molecule has 1 aliphatic rings. The molecule has 1 aromatic rings. The largest absolute Gasteiger partial charge is 0.477 e. The highest BCUT2D eigenvalue weighted by atomic mass is 79.9. The Morgan fingerprint density at radius 3 is 2.65 bits per heavy atom. The van der Waals surface area contributed by atoms with Crippen molar-refractivity contribution in [3.8, 4) is 0 Å². The first kappa shape index (κ1) is 13.0. The molecular formula is C9H10BrNO4S2. The van der Waals surface area contributed by atoms with E-state index in [-0.39, 0.29) is 15.8 Å². The van der Waals surface area contributed by atoms with Gasteiger partial charge in [-0.05, 0) is 34.3 Å². The van der Waals surface area contributed by atoms with Crippen LogP contribution in [0.25, 0.3) is 0 Å². The predicted molar refractivity (Wildman–Crippen MR) is 66.9 cm³/mol. The average Bonchev–Trinajstić information content (AvgIpc) is 2.74. The lowest BCUT2D eigenvalue weighted by molar-refractivity contribution is 0.0702. The molecule has 0 radical (unpaired) electrons. The van der Waals surface area contributed by atoms with Crippen LogP contribution in [-0.4, -0.2) is 25.5 Å². The molecule has 17 heavy (non-hydrogen) atoms. The number of carboxylic acids is 1. The number of hydrogen-bond donors (Lipinski definition) is 2. The van der Waals surface area contributed by atoms with E-state index in [1.165, 1.54) is 6.07 Å². The minimum Gasteiger partial charge on any atom is -0.477 e. The van der Waals surface area contributed by atoms with Crippen molar-refractivity contribution in [1.29, 1.82) is 0 Å². The van der Waals surface area contributed by atoms with Crippen molar-refractivity contribution in [2.45, 2.75) is 24.3 Å². The quantitative estimate of drug-likeness (QED) is 0.877. The second-order valence-corrected chi connectivity index (χ2v) is 8.05. The van der Waals surface area contributed by atoms with Gasteiger partial charge in [-0.25, -0.2) is 17.9 Å². The molecule has 0 amide bonds. The number of sulfonamides is 1. The molecule has 8 heteroatoms. The van der Waals surface area contributed by atoms with Crippen LogP contribution in [0.15, 0.2) is 14.7 Å². The molecule has 1 aromatic heterocycles. The Kier molecular flexibility index (Phi) is 3.32. The van der Waals surface area contributed by atoms with Crippen LogP contribution in [0.3, 0.4) is 0 Å². The maximum absolute atomic E-state index is 12.0. The van der Waals surface area contributed by atoms with E-state index in [1.807, 2.05) is 6.92 Å². The van der Waals surface area contributed by atoms with Gasteiger partial charge in [0.15, 0.2) is 0 Å². The lowest BCUT2D eigenvalue weighted by atomic mass is 10.5. The molecule has 2 N–H and O–H groups in total. The molecule has 1 aliphatic carbocycles. The van der Waals surface area contributed by atoms with E-state index in [0.29, 0.717) is 9.70 Å². The normalized spacial score (nSPS) is 23.6. The van der Waals surface area contributed by atoms with Crippen molar-refractivity contribution in [3.63, 3.8) is 0 Å². The lowest BCUT2D eigenvalue weighted by Gasteiger charge is -2.03. The fourth-order valence-corrected chi connectivity index (χ4v) is 5.15. The molecule has 1 saturated carbocycles. The van der Waals surface area contributed by atoms with Crippen LogP contribution in [0.4, 0.5) is 0 Å². The first-order valence-corrected chi connectivity index (χ1v) is 7.95.